The monoisotopic (exact) mass is 341 g/mol. The number of carbonyl (C=O) groups excluding carboxylic acids is 1. The average molecular weight is 341 g/mol. The summed E-state index contributed by atoms with van der Waals surface area (Å²) < 4.78 is 11.6. The number of nitrogens with one attached hydrogen (secondary N) is 1. The van der Waals surface area contributed by atoms with Gasteiger partial charge in [-0.25, -0.2) is 0 Å². The molecule has 1 aliphatic rings. The van der Waals surface area contributed by atoms with Crippen LogP contribution in [0.1, 0.15) is 35.1 Å². The lowest BCUT2D eigenvalue weighted by Crippen LogP contribution is -2.51. The Labute approximate surface area is 147 Å². The van der Waals surface area contributed by atoms with E-state index in [9.17, 15) is 4.79 Å². The van der Waals surface area contributed by atoms with Crippen LogP contribution in [0.2, 0.25) is 0 Å². The van der Waals surface area contributed by atoms with Gasteiger partial charge in [0.15, 0.2) is 0 Å². The maximum absolute atomic E-state index is 12.6. The van der Waals surface area contributed by atoms with Crippen molar-refractivity contribution in [1.82, 2.24) is 15.3 Å². The highest BCUT2D eigenvalue weighted by molar-refractivity contribution is 5.94. The van der Waals surface area contributed by atoms with E-state index in [0.717, 1.165) is 24.2 Å². The van der Waals surface area contributed by atoms with Gasteiger partial charge >= 0.3 is 0 Å². The van der Waals surface area contributed by atoms with Gasteiger partial charge in [0.2, 0.25) is 0 Å². The fraction of sp³-hybridized carbons (Fsp3) is 0.421. The third-order valence-corrected chi connectivity index (χ3v) is 4.22. The van der Waals surface area contributed by atoms with Crippen LogP contribution in [0.5, 0.6) is 5.75 Å². The predicted octanol–water partition coefficient (Wildman–Crippen LogP) is 2.31. The molecule has 0 aromatic carbocycles. The highest BCUT2D eigenvalue weighted by Gasteiger charge is 2.29. The molecule has 1 amide bonds. The third kappa shape index (κ3) is 4.54. The molecule has 1 fully saturated rings. The van der Waals surface area contributed by atoms with Crippen LogP contribution >= 0.6 is 0 Å². The van der Waals surface area contributed by atoms with Crippen LogP contribution in [-0.4, -0.2) is 41.2 Å². The molecule has 0 spiro atoms. The summed E-state index contributed by atoms with van der Waals surface area (Å²) in [7, 11) is 0. The SMILES string of the molecule is CCc1cc(C(=O)N[C@@H]2COCC[C@@H]2Oc2ccc(C)nc2)ccn1. The summed E-state index contributed by atoms with van der Waals surface area (Å²) >= 11 is 0. The predicted molar refractivity (Wildman–Crippen MR) is 93.7 cm³/mol. The number of nitrogens with zero attached hydrogens (tertiary/aromatic N) is 2. The topological polar surface area (TPSA) is 73.3 Å². The number of carbonyl (C=O) groups is 1. The maximum atomic E-state index is 12.6. The normalized spacial score (nSPS) is 20.1. The van der Waals surface area contributed by atoms with E-state index in [2.05, 4.69) is 15.3 Å². The molecule has 0 aliphatic carbocycles. The lowest BCUT2D eigenvalue weighted by atomic mass is 10.1. The minimum Gasteiger partial charge on any atom is -0.486 e. The number of amides is 1. The molecular weight excluding hydrogens is 318 g/mol. The fourth-order valence-electron chi connectivity index (χ4n) is 2.76. The second-order valence-corrected chi connectivity index (χ2v) is 6.12. The van der Waals surface area contributed by atoms with Gasteiger partial charge in [-0.2, -0.15) is 0 Å². The Morgan fingerprint density at radius 2 is 2.24 bits per heavy atom. The molecule has 3 rings (SSSR count). The Morgan fingerprint density at radius 1 is 1.36 bits per heavy atom. The molecule has 0 bridgehead atoms. The molecule has 6 heteroatoms. The van der Waals surface area contributed by atoms with Gasteiger partial charge in [0.05, 0.1) is 25.5 Å². The van der Waals surface area contributed by atoms with Crippen molar-refractivity contribution in [2.75, 3.05) is 13.2 Å². The van der Waals surface area contributed by atoms with E-state index in [4.69, 9.17) is 9.47 Å². The molecule has 0 saturated carbocycles. The zero-order chi connectivity index (χ0) is 17.6. The van der Waals surface area contributed by atoms with Crippen LogP contribution in [0.4, 0.5) is 0 Å². The lowest BCUT2D eigenvalue weighted by Gasteiger charge is -2.32. The maximum Gasteiger partial charge on any atom is 0.251 e. The number of hydrogen-bond acceptors (Lipinski definition) is 5. The first kappa shape index (κ1) is 17.4. The molecule has 3 heterocycles. The van der Waals surface area contributed by atoms with Crippen molar-refractivity contribution in [1.29, 1.82) is 0 Å². The van der Waals surface area contributed by atoms with E-state index in [1.165, 1.54) is 0 Å². The molecule has 1 saturated heterocycles. The number of ether oxygens (including phenoxy) is 2. The molecule has 0 radical (unpaired) electrons. The Morgan fingerprint density at radius 3 is 3.00 bits per heavy atom. The first-order valence-electron chi connectivity index (χ1n) is 8.58. The summed E-state index contributed by atoms with van der Waals surface area (Å²) in [5, 5.41) is 3.03. The van der Waals surface area contributed by atoms with E-state index in [1.807, 2.05) is 32.0 Å². The van der Waals surface area contributed by atoms with Crippen molar-refractivity contribution in [3.05, 3.63) is 53.6 Å². The molecule has 1 N–H and O–H groups in total. The van der Waals surface area contributed by atoms with Crippen molar-refractivity contribution in [2.24, 2.45) is 0 Å². The second kappa shape index (κ2) is 8.07. The first-order chi connectivity index (χ1) is 12.2. The number of rotatable bonds is 5. The molecule has 2 aromatic heterocycles. The fourth-order valence-corrected chi connectivity index (χ4v) is 2.76. The number of aromatic nitrogens is 2. The molecule has 2 atom stereocenters. The standard InChI is InChI=1S/C19H23N3O3/c1-3-15-10-14(6-8-20-15)19(23)22-17-12-24-9-7-18(17)25-16-5-4-13(2)21-11-16/h4-6,8,10-11,17-18H,3,7,9,12H2,1-2H3,(H,22,23)/t17-,18+/m1/s1. The van der Waals surface area contributed by atoms with Crippen LogP contribution in [0.15, 0.2) is 36.7 Å². The van der Waals surface area contributed by atoms with Crippen molar-refractivity contribution >= 4 is 5.91 Å². The largest absolute Gasteiger partial charge is 0.486 e. The van der Waals surface area contributed by atoms with Crippen LogP contribution in [0.3, 0.4) is 0 Å². The van der Waals surface area contributed by atoms with E-state index in [1.54, 1.807) is 18.5 Å². The number of aryl methyl sites for hydroxylation is 2. The van der Waals surface area contributed by atoms with Gasteiger partial charge in [-0.05, 0) is 37.6 Å². The Hall–Kier alpha value is -2.47. The minimum absolute atomic E-state index is 0.136. The number of hydrogen-bond donors (Lipinski definition) is 1. The molecule has 2 aromatic rings. The summed E-state index contributed by atoms with van der Waals surface area (Å²) in [4.78, 5) is 21.0. The smallest absolute Gasteiger partial charge is 0.251 e. The van der Waals surface area contributed by atoms with Crippen molar-refractivity contribution < 1.29 is 14.3 Å². The lowest BCUT2D eigenvalue weighted by molar-refractivity contribution is -0.00301. The summed E-state index contributed by atoms with van der Waals surface area (Å²) in [5.74, 6) is 0.567. The highest BCUT2D eigenvalue weighted by atomic mass is 16.5. The van der Waals surface area contributed by atoms with Gasteiger partial charge in [-0.15, -0.1) is 0 Å². The number of pyridine rings is 2. The van der Waals surface area contributed by atoms with Crippen molar-refractivity contribution in [2.45, 2.75) is 38.8 Å². The molecule has 25 heavy (non-hydrogen) atoms. The minimum atomic E-state index is -0.208. The van der Waals surface area contributed by atoms with Crippen LogP contribution in [0, 0.1) is 6.92 Å². The van der Waals surface area contributed by atoms with E-state index >= 15 is 0 Å². The molecule has 0 unspecified atom stereocenters. The molecule has 1 aliphatic heterocycles. The van der Waals surface area contributed by atoms with E-state index in [0.29, 0.717) is 24.5 Å². The highest BCUT2D eigenvalue weighted by Crippen LogP contribution is 2.18. The second-order valence-electron chi connectivity index (χ2n) is 6.12. The molecule has 132 valence electrons. The van der Waals surface area contributed by atoms with Crippen LogP contribution in [0.25, 0.3) is 0 Å². The zero-order valence-corrected chi connectivity index (χ0v) is 14.6. The zero-order valence-electron chi connectivity index (χ0n) is 14.6. The Kier molecular flexibility index (Phi) is 5.60. The average Bonchev–Trinajstić information content (AvgIpc) is 2.65. The summed E-state index contributed by atoms with van der Waals surface area (Å²) in [5.41, 5.74) is 2.44. The van der Waals surface area contributed by atoms with Gasteiger partial charge < -0.3 is 14.8 Å². The molecular formula is C19H23N3O3. The van der Waals surface area contributed by atoms with E-state index < -0.39 is 0 Å². The van der Waals surface area contributed by atoms with Gasteiger partial charge in [-0.1, -0.05) is 6.92 Å². The Balaban J connectivity index is 1.67. The van der Waals surface area contributed by atoms with Crippen LogP contribution < -0.4 is 10.1 Å². The summed E-state index contributed by atoms with van der Waals surface area (Å²) in [6.45, 7) is 4.99. The van der Waals surface area contributed by atoms with Crippen molar-refractivity contribution in [3.8, 4) is 5.75 Å². The summed E-state index contributed by atoms with van der Waals surface area (Å²) in [6, 6.07) is 7.13. The van der Waals surface area contributed by atoms with Gasteiger partial charge in [0, 0.05) is 29.6 Å². The van der Waals surface area contributed by atoms with Gasteiger partial charge in [-0.3, -0.25) is 14.8 Å². The quantitative estimate of drug-likeness (QED) is 0.903. The van der Waals surface area contributed by atoms with Crippen LogP contribution in [-0.2, 0) is 11.2 Å². The molecule has 6 nitrogen and oxygen atoms in total. The third-order valence-electron chi connectivity index (χ3n) is 4.22. The van der Waals surface area contributed by atoms with E-state index in [-0.39, 0.29) is 18.1 Å². The van der Waals surface area contributed by atoms with Gasteiger partial charge in [0.25, 0.3) is 5.91 Å². The first-order valence-corrected chi connectivity index (χ1v) is 8.58. The van der Waals surface area contributed by atoms with Crippen molar-refractivity contribution in [3.63, 3.8) is 0 Å². The summed E-state index contributed by atoms with van der Waals surface area (Å²) in [6.07, 6.45) is 4.74. The van der Waals surface area contributed by atoms with Gasteiger partial charge in [0.1, 0.15) is 11.9 Å². The Bertz CT molecular complexity index is 718.